The van der Waals surface area contributed by atoms with Gasteiger partial charge in [0, 0.05) is 5.54 Å². The number of nitro benzene ring substituents is 1. The van der Waals surface area contributed by atoms with E-state index in [9.17, 15) is 24.4 Å². The van der Waals surface area contributed by atoms with Crippen LogP contribution in [0.2, 0.25) is 0 Å². The molecule has 0 atom stereocenters. The van der Waals surface area contributed by atoms with E-state index in [1.54, 1.807) is 13.8 Å². The van der Waals surface area contributed by atoms with E-state index in [2.05, 4.69) is 5.32 Å². The zero-order valence-corrected chi connectivity index (χ0v) is 11.7. The van der Waals surface area contributed by atoms with Crippen LogP contribution in [0.15, 0.2) is 18.2 Å². The molecule has 0 aliphatic carbocycles. The Balaban J connectivity index is 3.22. The molecule has 0 spiro atoms. The van der Waals surface area contributed by atoms with Gasteiger partial charge >= 0.3 is 5.97 Å². The van der Waals surface area contributed by atoms with Crippen molar-refractivity contribution in [1.82, 2.24) is 0 Å². The minimum atomic E-state index is -1.19. The van der Waals surface area contributed by atoms with Crippen LogP contribution in [0.4, 0.5) is 15.8 Å². The number of benzene rings is 1. The molecule has 0 unspecified atom stereocenters. The van der Waals surface area contributed by atoms with Gasteiger partial charge in [-0.1, -0.05) is 0 Å². The predicted octanol–water partition coefficient (Wildman–Crippen LogP) is 3.04. The van der Waals surface area contributed by atoms with Gasteiger partial charge in [0.2, 0.25) is 0 Å². The highest BCUT2D eigenvalue weighted by Gasteiger charge is 2.44. The molecule has 0 saturated heterocycles. The molecule has 0 radical (unpaired) electrons. The number of hydrogen-bond acceptors (Lipinski definition) is 4. The van der Waals surface area contributed by atoms with Crippen LogP contribution in [0, 0.1) is 21.3 Å². The van der Waals surface area contributed by atoms with Crippen molar-refractivity contribution in [2.75, 3.05) is 5.32 Å². The largest absolute Gasteiger partial charge is 0.481 e. The summed E-state index contributed by atoms with van der Waals surface area (Å²) < 4.78 is 13.1. The fraction of sp³-hybridized carbons (Fsp3) is 0.462. The number of nitrogens with one attached hydrogen (secondary N) is 1. The average molecular weight is 284 g/mol. The normalized spacial score (nSPS) is 12.1. The lowest BCUT2D eigenvalue weighted by Gasteiger charge is -2.39. The first-order valence-corrected chi connectivity index (χ1v) is 5.94. The molecule has 0 heterocycles. The topological polar surface area (TPSA) is 92.5 Å². The van der Waals surface area contributed by atoms with Gasteiger partial charge in [0.15, 0.2) is 0 Å². The SMILES string of the molecule is CC(C)(Nc1ccc(F)cc1[N+](=O)[O-])C(C)(C)C(=O)O. The summed E-state index contributed by atoms with van der Waals surface area (Å²) in [7, 11) is 0. The van der Waals surface area contributed by atoms with Crippen molar-refractivity contribution in [2.24, 2.45) is 5.41 Å². The molecule has 6 nitrogen and oxygen atoms in total. The second-order valence-corrected chi connectivity index (χ2v) is 5.60. The molecule has 0 bridgehead atoms. The Morgan fingerprint density at radius 2 is 1.90 bits per heavy atom. The molecule has 0 fully saturated rings. The average Bonchev–Trinajstić information content (AvgIpc) is 2.30. The van der Waals surface area contributed by atoms with Gasteiger partial charge in [0.1, 0.15) is 11.5 Å². The number of halogens is 1. The second-order valence-electron chi connectivity index (χ2n) is 5.60. The van der Waals surface area contributed by atoms with E-state index in [1.807, 2.05) is 0 Å². The number of hydrogen-bond donors (Lipinski definition) is 2. The van der Waals surface area contributed by atoms with Crippen molar-refractivity contribution < 1.29 is 19.2 Å². The van der Waals surface area contributed by atoms with E-state index < -0.39 is 33.4 Å². The third-order valence-corrected chi connectivity index (χ3v) is 3.70. The molecular formula is C13H17FN2O4. The van der Waals surface area contributed by atoms with Gasteiger partial charge in [-0.3, -0.25) is 14.9 Å². The third-order valence-electron chi connectivity index (χ3n) is 3.70. The van der Waals surface area contributed by atoms with Gasteiger partial charge in [-0.25, -0.2) is 4.39 Å². The van der Waals surface area contributed by atoms with Crippen LogP contribution in [0.1, 0.15) is 27.7 Å². The molecule has 0 aliphatic rings. The number of carboxylic acids is 1. The standard InChI is InChI=1S/C13H17FN2O4/c1-12(2,11(17)18)13(3,4)15-9-6-5-8(14)7-10(9)16(19)20/h5-7,15H,1-4H3,(H,17,18). The van der Waals surface area contributed by atoms with Crippen molar-refractivity contribution >= 4 is 17.3 Å². The van der Waals surface area contributed by atoms with E-state index in [0.29, 0.717) is 0 Å². The molecule has 1 aromatic carbocycles. The lowest BCUT2D eigenvalue weighted by Crippen LogP contribution is -2.50. The first-order chi connectivity index (χ1) is 8.99. The van der Waals surface area contributed by atoms with E-state index in [1.165, 1.54) is 19.9 Å². The van der Waals surface area contributed by atoms with Gasteiger partial charge in [-0.2, -0.15) is 0 Å². The van der Waals surface area contributed by atoms with Gasteiger partial charge in [-0.05, 0) is 39.8 Å². The monoisotopic (exact) mass is 284 g/mol. The molecule has 1 rings (SSSR count). The lowest BCUT2D eigenvalue weighted by molar-refractivity contribution is -0.384. The van der Waals surface area contributed by atoms with Crippen LogP contribution < -0.4 is 5.32 Å². The lowest BCUT2D eigenvalue weighted by atomic mass is 9.74. The molecule has 0 amide bonds. The summed E-state index contributed by atoms with van der Waals surface area (Å²) in [6.07, 6.45) is 0. The number of rotatable bonds is 5. The summed E-state index contributed by atoms with van der Waals surface area (Å²) in [5.74, 6) is -1.77. The summed E-state index contributed by atoms with van der Waals surface area (Å²) >= 11 is 0. The van der Waals surface area contributed by atoms with Crippen LogP contribution >= 0.6 is 0 Å². The Morgan fingerprint density at radius 1 is 1.35 bits per heavy atom. The van der Waals surface area contributed by atoms with Crippen LogP contribution in [0.3, 0.4) is 0 Å². The van der Waals surface area contributed by atoms with E-state index in [0.717, 1.165) is 12.1 Å². The molecule has 20 heavy (non-hydrogen) atoms. The number of nitrogens with zero attached hydrogens (tertiary/aromatic N) is 1. The van der Waals surface area contributed by atoms with Crippen LogP contribution in [0.25, 0.3) is 0 Å². The summed E-state index contributed by atoms with van der Waals surface area (Å²) in [6.45, 7) is 6.26. The van der Waals surface area contributed by atoms with Gasteiger partial charge in [0.25, 0.3) is 5.69 Å². The Labute approximate surface area is 115 Å². The minimum Gasteiger partial charge on any atom is -0.481 e. The molecule has 2 N–H and O–H groups in total. The number of anilines is 1. The van der Waals surface area contributed by atoms with Crippen molar-refractivity contribution in [3.63, 3.8) is 0 Å². The second kappa shape index (κ2) is 5.07. The molecule has 0 aromatic heterocycles. The van der Waals surface area contributed by atoms with E-state index >= 15 is 0 Å². The summed E-state index contributed by atoms with van der Waals surface area (Å²) in [6, 6.07) is 3.11. The maximum absolute atomic E-state index is 13.1. The fourth-order valence-corrected chi connectivity index (χ4v) is 1.52. The Morgan fingerprint density at radius 3 is 2.35 bits per heavy atom. The fourth-order valence-electron chi connectivity index (χ4n) is 1.52. The highest BCUT2D eigenvalue weighted by Crippen LogP contribution is 2.36. The van der Waals surface area contributed by atoms with Crippen LogP contribution in [-0.4, -0.2) is 21.5 Å². The maximum atomic E-state index is 13.1. The highest BCUT2D eigenvalue weighted by atomic mass is 19.1. The van der Waals surface area contributed by atoms with Gasteiger partial charge < -0.3 is 10.4 Å². The summed E-state index contributed by atoms with van der Waals surface area (Å²) in [5.41, 5.74) is -2.52. The molecule has 7 heteroatoms. The van der Waals surface area contributed by atoms with E-state index in [4.69, 9.17) is 0 Å². The number of carbonyl (C=O) groups is 1. The summed E-state index contributed by atoms with van der Waals surface area (Å²) in [5, 5.41) is 23.0. The third kappa shape index (κ3) is 2.87. The molecule has 1 aromatic rings. The first-order valence-electron chi connectivity index (χ1n) is 5.94. The first kappa shape index (κ1) is 15.9. The van der Waals surface area contributed by atoms with Gasteiger partial charge in [0.05, 0.1) is 16.4 Å². The highest BCUT2D eigenvalue weighted by molar-refractivity contribution is 5.77. The summed E-state index contributed by atoms with van der Waals surface area (Å²) in [4.78, 5) is 21.5. The molecule has 110 valence electrons. The quantitative estimate of drug-likeness (QED) is 0.640. The molecule has 0 saturated carbocycles. The maximum Gasteiger partial charge on any atom is 0.311 e. The van der Waals surface area contributed by atoms with Crippen molar-refractivity contribution in [3.05, 3.63) is 34.1 Å². The van der Waals surface area contributed by atoms with Gasteiger partial charge in [-0.15, -0.1) is 0 Å². The molecular weight excluding hydrogens is 267 g/mol. The van der Waals surface area contributed by atoms with E-state index in [-0.39, 0.29) is 5.69 Å². The van der Waals surface area contributed by atoms with Crippen molar-refractivity contribution in [3.8, 4) is 0 Å². The van der Waals surface area contributed by atoms with Crippen LogP contribution in [-0.2, 0) is 4.79 Å². The Kier molecular flexibility index (Phi) is 4.02. The number of aliphatic carboxylic acids is 1. The zero-order chi connectivity index (χ0) is 15.7. The Hall–Kier alpha value is -2.18. The number of nitro groups is 1. The smallest absolute Gasteiger partial charge is 0.311 e. The van der Waals surface area contributed by atoms with Crippen LogP contribution in [0.5, 0.6) is 0 Å². The number of carboxylic acid groups (broad SMARTS) is 1. The minimum absolute atomic E-state index is 0.0794. The van der Waals surface area contributed by atoms with Crippen molar-refractivity contribution in [2.45, 2.75) is 33.2 Å². The van der Waals surface area contributed by atoms with Crippen molar-refractivity contribution in [1.29, 1.82) is 0 Å². The predicted molar refractivity (Wildman–Crippen MR) is 72.2 cm³/mol. The molecule has 0 aliphatic heterocycles. The zero-order valence-electron chi connectivity index (χ0n) is 11.7. The Bertz CT molecular complexity index is 555.